The van der Waals surface area contributed by atoms with Crippen LogP contribution in [0.2, 0.25) is 0 Å². The summed E-state index contributed by atoms with van der Waals surface area (Å²) < 4.78 is 4.45. The van der Waals surface area contributed by atoms with Gasteiger partial charge in [-0.1, -0.05) is 48.5 Å². The van der Waals surface area contributed by atoms with E-state index in [-0.39, 0.29) is 12.5 Å². The lowest BCUT2D eigenvalue weighted by atomic mass is 9.98. The number of amides is 1. The molecule has 2 aromatic rings. The number of aliphatic carboxylic acids is 1. The molecule has 2 aromatic carbocycles. The van der Waals surface area contributed by atoms with Crippen LogP contribution in [-0.2, 0) is 9.53 Å². The van der Waals surface area contributed by atoms with Gasteiger partial charge in [-0.15, -0.1) is 0 Å². The number of rotatable bonds is 5. The molecule has 0 aliphatic heterocycles. The molecule has 5 nitrogen and oxygen atoms in total. The Bertz CT molecular complexity index is 798. The first kappa shape index (κ1) is 18.3. The minimum absolute atomic E-state index is 0.0690. The minimum Gasteiger partial charge on any atom is -0.480 e. The van der Waals surface area contributed by atoms with E-state index < -0.39 is 22.9 Å². The molecule has 1 amide bonds. The number of carbonyl (C=O) groups is 2. The molecule has 6 heteroatoms. The number of ether oxygens (including phenoxy) is 1. The zero-order valence-corrected chi connectivity index (χ0v) is 15.5. The smallest absolute Gasteiger partial charge is 0.407 e. The number of alkyl carbamates (subject to hydrolysis) is 1. The maximum atomic E-state index is 12.2. The molecule has 0 saturated heterocycles. The molecule has 0 aromatic heterocycles. The molecule has 1 aliphatic carbocycles. The highest BCUT2D eigenvalue weighted by molar-refractivity contribution is 7.81. The van der Waals surface area contributed by atoms with Gasteiger partial charge in [-0.05, 0) is 36.1 Å². The van der Waals surface area contributed by atoms with Crippen molar-refractivity contribution in [1.29, 1.82) is 0 Å². The maximum Gasteiger partial charge on any atom is 0.407 e. The maximum absolute atomic E-state index is 12.2. The molecule has 2 N–H and O–H groups in total. The van der Waals surface area contributed by atoms with Crippen LogP contribution in [0.3, 0.4) is 0 Å². The molecule has 0 heterocycles. The molecular weight excluding hydrogens is 350 g/mol. The fourth-order valence-corrected chi connectivity index (χ4v) is 3.47. The van der Waals surface area contributed by atoms with Crippen molar-refractivity contribution in [2.45, 2.75) is 30.6 Å². The zero-order chi connectivity index (χ0) is 18.9. The Morgan fingerprint density at radius 1 is 1.12 bits per heavy atom. The van der Waals surface area contributed by atoms with Gasteiger partial charge in [0.05, 0.1) is 0 Å². The van der Waals surface area contributed by atoms with Crippen molar-refractivity contribution in [1.82, 2.24) is 5.32 Å². The summed E-state index contributed by atoms with van der Waals surface area (Å²) in [5.74, 6) is -1.22. The monoisotopic (exact) mass is 371 g/mol. The second kappa shape index (κ2) is 7.03. The molecule has 0 radical (unpaired) electrons. The molecule has 3 rings (SSSR count). The van der Waals surface area contributed by atoms with Crippen LogP contribution in [0.5, 0.6) is 0 Å². The minimum atomic E-state index is -1.15. The van der Waals surface area contributed by atoms with E-state index >= 15 is 0 Å². The Balaban J connectivity index is 1.74. The van der Waals surface area contributed by atoms with Crippen LogP contribution in [-0.4, -0.2) is 34.6 Å². The van der Waals surface area contributed by atoms with Gasteiger partial charge in [-0.3, -0.25) is 0 Å². The third kappa shape index (κ3) is 3.55. The first-order valence-corrected chi connectivity index (χ1v) is 8.80. The molecule has 0 fully saturated rings. The van der Waals surface area contributed by atoms with E-state index in [0.29, 0.717) is 0 Å². The zero-order valence-electron chi connectivity index (χ0n) is 14.6. The lowest BCUT2D eigenvalue weighted by Gasteiger charge is -2.26. The number of hydrogen-bond acceptors (Lipinski definition) is 4. The summed E-state index contributed by atoms with van der Waals surface area (Å²) in [7, 11) is 0. The van der Waals surface area contributed by atoms with Crippen molar-refractivity contribution in [3.63, 3.8) is 0 Å². The van der Waals surface area contributed by atoms with E-state index in [1.807, 2.05) is 36.4 Å². The van der Waals surface area contributed by atoms with Crippen LogP contribution in [0.4, 0.5) is 4.79 Å². The van der Waals surface area contributed by atoms with Crippen molar-refractivity contribution >= 4 is 24.7 Å². The van der Waals surface area contributed by atoms with Gasteiger partial charge in [-0.2, -0.15) is 12.6 Å². The number of fused-ring (bicyclic) bond motifs is 3. The molecule has 0 bridgehead atoms. The normalized spacial score (nSPS) is 14.3. The van der Waals surface area contributed by atoms with Gasteiger partial charge in [0.15, 0.2) is 0 Å². The van der Waals surface area contributed by atoms with E-state index in [0.717, 1.165) is 22.3 Å². The number of benzene rings is 2. The van der Waals surface area contributed by atoms with Crippen LogP contribution in [0.25, 0.3) is 11.1 Å². The van der Waals surface area contributed by atoms with Gasteiger partial charge in [0.25, 0.3) is 0 Å². The predicted molar refractivity (Wildman–Crippen MR) is 103 cm³/mol. The first-order valence-electron chi connectivity index (χ1n) is 8.35. The van der Waals surface area contributed by atoms with E-state index in [2.05, 4.69) is 30.1 Å². The highest BCUT2D eigenvalue weighted by Gasteiger charge is 2.35. The van der Waals surface area contributed by atoms with Gasteiger partial charge in [0.1, 0.15) is 12.6 Å². The first-order chi connectivity index (χ1) is 12.3. The summed E-state index contributed by atoms with van der Waals surface area (Å²) in [6.07, 6.45) is -0.763. The average Bonchev–Trinajstić information content (AvgIpc) is 2.91. The number of thiol groups is 1. The van der Waals surface area contributed by atoms with Crippen LogP contribution in [0, 0.1) is 0 Å². The predicted octanol–water partition coefficient (Wildman–Crippen LogP) is 3.69. The van der Waals surface area contributed by atoms with Gasteiger partial charge in [0.2, 0.25) is 0 Å². The van der Waals surface area contributed by atoms with Crippen molar-refractivity contribution in [2.24, 2.45) is 0 Å². The fourth-order valence-electron chi connectivity index (χ4n) is 3.30. The van der Waals surface area contributed by atoms with Gasteiger partial charge in [-0.25, -0.2) is 9.59 Å². The lowest BCUT2D eigenvalue weighted by molar-refractivity contribution is -0.140. The van der Waals surface area contributed by atoms with Crippen LogP contribution in [0.1, 0.15) is 30.9 Å². The second-order valence-electron chi connectivity index (χ2n) is 6.89. The van der Waals surface area contributed by atoms with Gasteiger partial charge >= 0.3 is 12.1 Å². The Hall–Kier alpha value is -2.47. The summed E-state index contributed by atoms with van der Waals surface area (Å²) in [4.78, 5) is 23.5. The number of carboxylic acid groups (broad SMARTS) is 1. The van der Waals surface area contributed by atoms with Crippen LogP contribution >= 0.6 is 12.6 Å². The number of hydrogen-bond donors (Lipinski definition) is 3. The highest BCUT2D eigenvalue weighted by atomic mass is 32.1. The van der Waals surface area contributed by atoms with E-state index in [9.17, 15) is 14.7 Å². The Labute approximate surface area is 157 Å². The summed E-state index contributed by atoms with van der Waals surface area (Å²) in [5.41, 5.74) is 4.48. The van der Waals surface area contributed by atoms with Gasteiger partial charge in [0, 0.05) is 10.7 Å². The van der Waals surface area contributed by atoms with Gasteiger partial charge < -0.3 is 15.2 Å². The summed E-state index contributed by atoms with van der Waals surface area (Å²) >= 11 is 4.24. The van der Waals surface area contributed by atoms with Crippen molar-refractivity contribution in [3.8, 4) is 11.1 Å². The van der Waals surface area contributed by atoms with Crippen molar-refractivity contribution in [2.75, 3.05) is 6.61 Å². The largest absolute Gasteiger partial charge is 0.480 e. The average molecular weight is 371 g/mol. The fraction of sp³-hybridized carbons (Fsp3) is 0.300. The molecule has 0 saturated carbocycles. The number of carbonyl (C=O) groups excluding carboxylic acids is 1. The molecule has 136 valence electrons. The quantitative estimate of drug-likeness (QED) is 0.701. The van der Waals surface area contributed by atoms with Crippen molar-refractivity contribution in [3.05, 3.63) is 59.7 Å². The van der Waals surface area contributed by atoms with E-state index in [1.54, 1.807) is 13.8 Å². The third-order valence-electron chi connectivity index (χ3n) is 4.56. The molecular formula is C20H21NO4S. The SMILES string of the molecule is CC(C)(S)[C@H](NC(=O)OCC1c2ccccc2-c2ccccc21)C(=O)O. The Morgan fingerprint density at radius 3 is 2.08 bits per heavy atom. The summed E-state index contributed by atoms with van der Waals surface area (Å²) in [5, 5.41) is 11.7. The molecule has 1 atom stereocenters. The molecule has 0 spiro atoms. The molecule has 1 aliphatic rings. The number of carboxylic acids is 1. The standard InChI is InChI=1S/C20H21NO4S/c1-20(2,26)17(18(22)23)21-19(24)25-11-16-14-9-5-3-7-12(14)13-8-4-6-10-15(13)16/h3-10,16-17,26H,11H2,1-2H3,(H,21,24)(H,22,23)/t17-/m1/s1. The van der Waals surface area contributed by atoms with E-state index in [4.69, 9.17) is 4.74 Å². The van der Waals surface area contributed by atoms with Crippen LogP contribution < -0.4 is 5.32 Å². The highest BCUT2D eigenvalue weighted by Crippen LogP contribution is 2.44. The Morgan fingerprint density at radius 2 is 1.62 bits per heavy atom. The molecule has 0 unspecified atom stereocenters. The second-order valence-corrected chi connectivity index (χ2v) is 8.05. The molecule has 26 heavy (non-hydrogen) atoms. The Kier molecular flexibility index (Phi) is 4.96. The third-order valence-corrected chi connectivity index (χ3v) is 4.82. The van der Waals surface area contributed by atoms with E-state index in [1.165, 1.54) is 0 Å². The lowest BCUT2D eigenvalue weighted by Crippen LogP contribution is -2.51. The van der Waals surface area contributed by atoms with Crippen LogP contribution in [0.15, 0.2) is 48.5 Å². The summed E-state index contributed by atoms with van der Waals surface area (Å²) in [6.45, 7) is 3.39. The topological polar surface area (TPSA) is 75.6 Å². The number of nitrogens with one attached hydrogen (secondary N) is 1. The van der Waals surface area contributed by atoms with Crippen molar-refractivity contribution < 1.29 is 19.4 Å². The summed E-state index contributed by atoms with van der Waals surface area (Å²) in [6, 6.07) is 14.9.